The fourth-order valence-electron chi connectivity index (χ4n) is 1.63. The molecule has 0 amide bonds. The highest BCUT2D eigenvalue weighted by atomic mass is 127. The van der Waals surface area contributed by atoms with Crippen LogP contribution in [0.1, 0.15) is 26.3 Å². The maximum Gasteiger partial charge on any atom is 0.132 e. The number of rotatable bonds is 5. The van der Waals surface area contributed by atoms with Gasteiger partial charge in [0.15, 0.2) is 0 Å². The summed E-state index contributed by atoms with van der Waals surface area (Å²) in [6, 6.07) is 6.35. The summed E-state index contributed by atoms with van der Waals surface area (Å²) < 4.78 is 12.0. The van der Waals surface area contributed by atoms with Crippen LogP contribution in [-0.4, -0.2) is 20.3 Å². The molecular formula is C13H19IO2. The second kappa shape index (κ2) is 5.87. The van der Waals surface area contributed by atoms with Gasteiger partial charge < -0.3 is 9.47 Å². The zero-order valence-corrected chi connectivity index (χ0v) is 12.5. The third kappa shape index (κ3) is 3.35. The van der Waals surface area contributed by atoms with Gasteiger partial charge in [0.1, 0.15) is 5.75 Å². The molecule has 16 heavy (non-hydrogen) atoms. The molecule has 0 heterocycles. The maximum absolute atomic E-state index is 5.60. The molecule has 0 aliphatic carbocycles. The van der Waals surface area contributed by atoms with E-state index in [0.717, 1.165) is 9.32 Å². The van der Waals surface area contributed by atoms with Crippen molar-refractivity contribution in [2.45, 2.75) is 26.2 Å². The van der Waals surface area contributed by atoms with Crippen LogP contribution in [0, 0.1) is 3.57 Å². The zero-order chi connectivity index (χ0) is 12.2. The summed E-state index contributed by atoms with van der Waals surface area (Å²) >= 11 is 2.29. The molecule has 0 atom stereocenters. The number of methoxy groups -OCH3 is 1. The van der Waals surface area contributed by atoms with E-state index >= 15 is 0 Å². The second-order valence-corrected chi connectivity index (χ2v) is 5.56. The molecule has 0 unspecified atom stereocenters. The summed E-state index contributed by atoms with van der Waals surface area (Å²) in [6.07, 6.45) is 0. The summed E-state index contributed by atoms with van der Waals surface area (Å²) in [4.78, 5) is 0. The molecule has 3 heteroatoms. The van der Waals surface area contributed by atoms with Crippen LogP contribution in [-0.2, 0) is 10.2 Å². The predicted molar refractivity (Wildman–Crippen MR) is 75.2 cm³/mol. The molecule has 0 aliphatic rings. The highest BCUT2D eigenvalue weighted by molar-refractivity contribution is 14.1. The van der Waals surface area contributed by atoms with Gasteiger partial charge in [0, 0.05) is 12.5 Å². The topological polar surface area (TPSA) is 18.5 Å². The van der Waals surface area contributed by atoms with Crippen LogP contribution in [0.5, 0.6) is 5.75 Å². The summed E-state index contributed by atoms with van der Waals surface area (Å²) in [6.45, 7) is 7.76. The molecule has 2 nitrogen and oxygen atoms in total. The Hall–Kier alpha value is -0.290. The van der Waals surface area contributed by atoms with Gasteiger partial charge in [-0.1, -0.05) is 19.9 Å². The Morgan fingerprint density at radius 2 is 2.00 bits per heavy atom. The molecular weight excluding hydrogens is 315 g/mol. The van der Waals surface area contributed by atoms with Crippen molar-refractivity contribution in [3.63, 3.8) is 0 Å². The number of hydrogen-bond acceptors (Lipinski definition) is 2. The number of halogens is 1. The molecule has 0 N–H and O–H groups in total. The van der Waals surface area contributed by atoms with Crippen LogP contribution in [0.4, 0.5) is 0 Å². The third-order valence-corrected chi connectivity index (χ3v) is 3.41. The van der Waals surface area contributed by atoms with E-state index in [-0.39, 0.29) is 5.41 Å². The number of benzene rings is 1. The zero-order valence-electron chi connectivity index (χ0n) is 10.3. The van der Waals surface area contributed by atoms with Crippen LogP contribution in [0.25, 0.3) is 0 Å². The quantitative estimate of drug-likeness (QED) is 0.766. The molecule has 0 aliphatic heterocycles. The Morgan fingerprint density at radius 3 is 2.56 bits per heavy atom. The SMILES string of the molecule is CCOc1cc(C(C)(C)COC)ccc1I. The van der Waals surface area contributed by atoms with E-state index in [0.29, 0.717) is 13.2 Å². The van der Waals surface area contributed by atoms with Gasteiger partial charge in [-0.3, -0.25) is 0 Å². The fourth-order valence-corrected chi connectivity index (χ4v) is 2.13. The van der Waals surface area contributed by atoms with E-state index < -0.39 is 0 Å². The Labute approximate surface area is 111 Å². The largest absolute Gasteiger partial charge is 0.493 e. The van der Waals surface area contributed by atoms with Crippen molar-refractivity contribution >= 4 is 22.6 Å². The van der Waals surface area contributed by atoms with E-state index in [4.69, 9.17) is 9.47 Å². The minimum Gasteiger partial charge on any atom is -0.493 e. The monoisotopic (exact) mass is 334 g/mol. The Bertz CT molecular complexity index is 348. The molecule has 1 aromatic carbocycles. The molecule has 0 radical (unpaired) electrons. The summed E-state index contributed by atoms with van der Waals surface area (Å²) in [5.74, 6) is 0.963. The van der Waals surface area contributed by atoms with Gasteiger partial charge in [0.25, 0.3) is 0 Å². The average Bonchev–Trinajstić information content (AvgIpc) is 2.21. The number of hydrogen-bond donors (Lipinski definition) is 0. The van der Waals surface area contributed by atoms with Crippen LogP contribution in [0.3, 0.4) is 0 Å². The first-order valence-corrected chi connectivity index (χ1v) is 6.51. The molecule has 0 aromatic heterocycles. The summed E-state index contributed by atoms with van der Waals surface area (Å²) in [5, 5.41) is 0. The normalized spacial score (nSPS) is 11.6. The lowest BCUT2D eigenvalue weighted by Gasteiger charge is -2.25. The first kappa shape index (κ1) is 13.8. The standard InChI is InChI=1S/C13H19IO2/c1-5-16-12-8-10(6-7-11(12)14)13(2,3)9-15-4/h6-8H,5,9H2,1-4H3. The maximum atomic E-state index is 5.60. The van der Waals surface area contributed by atoms with Crippen LogP contribution >= 0.6 is 22.6 Å². The molecule has 1 rings (SSSR count). The van der Waals surface area contributed by atoms with E-state index in [1.165, 1.54) is 5.56 Å². The fraction of sp³-hybridized carbons (Fsp3) is 0.538. The highest BCUT2D eigenvalue weighted by Crippen LogP contribution is 2.30. The van der Waals surface area contributed by atoms with E-state index in [9.17, 15) is 0 Å². The van der Waals surface area contributed by atoms with Gasteiger partial charge in [0.2, 0.25) is 0 Å². The minimum atomic E-state index is 0.0188. The first-order valence-electron chi connectivity index (χ1n) is 5.43. The van der Waals surface area contributed by atoms with E-state index in [1.807, 2.05) is 6.92 Å². The molecule has 90 valence electrons. The van der Waals surface area contributed by atoms with Gasteiger partial charge in [-0.25, -0.2) is 0 Å². The van der Waals surface area contributed by atoms with Crippen molar-refractivity contribution in [1.82, 2.24) is 0 Å². The van der Waals surface area contributed by atoms with Crippen molar-refractivity contribution in [2.75, 3.05) is 20.3 Å². The lowest BCUT2D eigenvalue weighted by molar-refractivity contribution is 0.146. The minimum absolute atomic E-state index is 0.0188. The third-order valence-electron chi connectivity index (χ3n) is 2.52. The Balaban J connectivity index is 3.01. The lowest BCUT2D eigenvalue weighted by Crippen LogP contribution is -2.23. The Morgan fingerprint density at radius 1 is 1.31 bits per heavy atom. The highest BCUT2D eigenvalue weighted by Gasteiger charge is 2.21. The van der Waals surface area contributed by atoms with Gasteiger partial charge in [-0.2, -0.15) is 0 Å². The molecule has 0 saturated heterocycles. The van der Waals surface area contributed by atoms with Gasteiger partial charge >= 0.3 is 0 Å². The number of ether oxygens (including phenoxy) is 2. The molecule has 1 aromatic rings. The van der Waals surface area contributed by atoms with Gasteiger partial charge in [-0.05, 0) is 47.2 Å². The van der Waals surface area contributed by atoms with Crippen LogP contribution < -0.4 is 4.74 Å². The predicted octanol–water partition coefficient (Wildman–Crippen LogP) is 3.61. The van der Waals surface area contributed by atoms with Crippen molar-refractivity contribution in [1.29, 1.82) is 0 Å². The first-order chi connectivity index (χ1) is 7.51. The molecule has 0 spiro atoms. The smallest absolute Gasteiger partial charge is 0.132 e. The molecule has 0 bridgehead atoms. The van der Waals surface area contributed by atoms with Crippen molar-refractivity contribution < 1.29 is 9.47 Å². The van der Waals surface area contributed by atoms with Gasteiger partial charge in [0.05, 0.1) is 16.8 Å². The Kier molecular flexibility index (Phi) is 5.05. The molecule has 0 saturated carbocycles. The average molecular weight is 334 g/mol. The lowest BCUT2D eigenvalue weighted by atomic mass is 9.85. The van der Waals surface area contributed by atoms with Crippen molar-refractivity contribution in [2.24, 2.45) is 0 Å². The second-order valence-electron chi connectivity index (χ2n) is 4.40. The summed E-state index contributed by atoms with van der Waals surface area (Å²) in [5.41, 5.74) is 1.27. The van der Waals surface area contributed by atoms with Crippen molar-refractivity contribution in [3.05, 3.63) is 27.3 Å². The van der Waals surface area contributed by atoms with Crippen LogP contribution in [0.15, 0.2) is 18.2 Å². The van der Waals surface area contributed by atoms with Crippen LogP contribution in [0.2, 0.25) is 0 Å². The van der Waals surface area contributed by atoms with Gasteiger partial charge in [-0.15, -0.1) is 0 Å². The summed E-state index contributed by atoms with van der Waals surface area (Å²) in [7, 11) is 1.73. The molecule has 0 fully saturated rings. The van der Waals surface area contributed by atoms with E-state index in [1.54, 1.807) is 7.11 Å². The van der Waals surface area contributed by atoms with E-state index in [2.05, 4.69) is 54.6 Å². The van der Waals surface area contributed by atoms with Crippen molar-refractivity contribution in [3.8, 4) is 5.75 Å².